The Hall–Kier alpha value is -7.59. The van der Waals surface area contributed by atoms with E-state index < -0.39 is 16.7 Å². The van der Waals surface area contributed by atoms with Gasteiger partial charge in [0.1, 0.15) is 34.9 Å². The second kappa shape index (κ2) is 15.0. The van der Waals surface area contributed by atoms with E-state index in [9.17, 15) is 0 Å². The van der Waals surface area contributed by atoms with Crippen LogP contribution in [0.3, 0.4) is 0 Å². The van der Waals surface area contributed by atoms with Crippen LogP contribution < -0.4 is 0 Å². The lowest BCUT2D eigenvalue weighted by atomic mass is 10.3. The summed E-state index contributed by atoms with van der Waals surface area (Å²) in [5, 5.41) is 7.32. The summed E-state index contributed by atoms with van der Waals surface area (Å²) in [5.41, 5.74) is 13.2. The first kappa shape index (κ1) is 38.7. The summed E-state index contributed by atoms with van der Waals surface area (Å²) in [6.45, 7) is 6.10. The lowest BCUT2D eigenvalue weighted by Crippen LogP contribution is -2.33. The zero-order valence-electron chi connectivity index (χ0n) is 36.2. The maximum absolute atomic E-state index is 7.32. The fourth-order valence-corrected chi connectivity index (χ4v) is 15.4. The van der Waals surface area contributed by atoms with Crippen molar-refractivity contribution < 1.29 is 0 Å². The fraction of sp³-hybridized carbons (Fsp3) is 0.140. The van der Waals surface area contributed by atoms with E-state index in [-0.39, 0.29) is 0 Å². The van der Waals surface area contributed by atoms with Crippen molar-refractivity contribution in [2.75, 3.05) is 0 Å². The van der Waals surface area contributed by atoms with E-state index in [2.05, 4.69) is 181 Å². The van der Waals surface area contributed by atoms with Gasteiger partial charge in [0.25, 0.3) is 0 Å². The molecule has 0 N–H and O–H groups in total. The van der Waals surface area contributed by atoms with Crippen LogP contribution in [-0.4, -0.2) is 65.7 Å². The summed E-state index contributed by atoms with van der Waals surface area (Å²) >= 11 is 0. The monoisotopic (exact) mass is 911 g/mol. The molecule has 324 valence electrons. The number of hydrogen-bond acceptors (Lipinski definition) is 9. The van der Waals surface area contributed by atoms with Gasteiger partial charge in [-0.05, 0) is 72.8 Å². The van der Waals surface area contributed by atoms with Gasteiger partial charge < -0.3 is 0 Å². The molecule has 4 bridgehead atoms. The maximum Gasteiger partial charge on any atom is 0.226 e. The second-order valence-corrected chi connectivity index (χ2v) is 20.5. The molecule has 0 aliphatic carbocycles. The zero-order chi connectivity index (χ0) is 44.3. The average Bonchev–Trinajstić information content (AvgIpc) is 4.18. The molecule has 6 aliphatic heterocycles. The molecule has 0 saturated heterocycles. The van der Waals surface area contributed by atoms with Crippen molar-refractivity contribution >= 4 is 82.9 Å². The highest BCUT2D eigenvalue weighted by atomic mass is 31.2. The lowest BCUT2D eigenvalue weighted by Gasteiger charge is -2.35. The van der Waals surface area contributed by atoms with Gasteiger partial charge in [-0.3, -0.25) is 35.8 Å². The lowest BCUT2D eigenvalue weighted by molar-refractivity contribution is 0.224. The summed E-state index contributed by atoms with van der Waals surface area (Å²) in [6.07, 6.45) is 0. The molecule has 0 amide bonds. The number of nitrogens with zero attached hydrogens (tertiary/aromatic N) is 15. The number of imidazole rings is 6. The first-order valence-corrected chi connectivity index (χ1v) is 24.7. The number of para-hydroxylation sites is 12. The Labute approximate surface area is 385 Å². The van der Waals surface area contributed by atoms with Crippen molar-refractivity contribution in [2.45, 2.75) is 46.2 Å². The van der Waals surface area contributed by atoms with Gasteiger partial charge in [-0.15, -0.1) is 0 Å². The summed E-state index contributed by atoms with van der Waals surface area (Å²) in [4.78, 5) is 35.3. The molecular weight excluding hydrogens is 873 g/mol. The van der Waals surface area contributed by atoms with Crippen LogP contribution in [0.25, 0.3) is 66.2 Å². The number of benzene rings is 6. The predicted molar refractivity (Wildman–Crippen MR) is 262 cm³/mol. The van der Waals surface area contributed by atoms with E-state index in [4.69, 9.17) is 35.2 Å². The quantitative estimate of drug-likeness (QED) is 0.136. The number of rotatable bonds is 0. The van der Waals surface area contributed by atoms with E-state index in [1.807, 2.05) is 0 Å². The van der Waals surface area contributed by atoms with Crippen molar-refractivity contribution in [2.24, 2.45) is 0 Å². The van der Waals surface area contributed by atoms with Crippen LogP contribution in [0.15, 0.2) is 146 Å². The fourth-order valence-electron chi connectivity index (χ4n) is 10.3. The normalized spacial score (nSPS) is 18.7. The van der Waals surface area contributed by atoms with E-state index in [1.165, 1.54) is 6.92 Å². The predicted octanol–water partition coefficient (Wildman–Crippen LogP) is 10.0. The zero-order valence-corrected chi connectivity index (χ0v) is 38.0. The summed E-state index contributed by atoms with van der Waals surface area (Å²) < 4.78 is 14.7. The summed E-state index contributed by atoms with van der Waals surface area (Å²) in [6, 6.07) is 52.6. The van der Waals surface area contributed by atoms with Crippen LogP contribution in [0, 0.1) is 11.3 Å². The Morgan fingerprint density at radius 2 is 0.493 bits per heavy atom. The van der Waals surface area contributed by atoms with Crippen LogP contribution in [0.4, 0.5) is 0 Å². The highest BCUT2D eigenvalue weighted by molar-refractivity contribution is 7.54. The smallest absolute Gasteiger partial charge is 0.226 e. The molecule has 0 atom stereocenters. The molecule has 0 saturated carbocycles. The molecule has 12 heterocycles. The van der Waals surface area contributed by atoms with Gasteiger partial charge in [0.05, 0.1) is 112 Å². The van der Waals surface area contributed by atoms with Crippen LogP contribution in [0.5, 0.6) is 0 Å². The van der Waals surface area contributed by atoms with E-state index in [0.29, 0.717) is 0 Å². The second-order valence-electron chi connectivity index (χ2n) is 17.0. The highest BCUT2D eigenvalue weighted by Gasteiger charge is 2.39. The molecule has 12 aromatic rings. The molecule has 18 rings (SSSR count). The van der Waals surface area contributed by atoms with Gasteiger partial charge in [-0.1, -0.05) is 72.8 Å². The Bertz CT molecular complexity index is 3340. The molecule has 0 unspecified atom stereocenters. The molecule has 0 spiro atoms. The molecule has 6 aliphatic rings. The third-order valence-electron chi connectivity index (χ3n) is 12.9. The first-order valence-electron chi connectivity index (χ1n) is 22.3. The minimum Gasteiger partial charge on any atom is -0.281 e. The van der Waals surface area contributed by atoms with E-state index in [1.54, 1.807) is 6.07 Å². The Balaban J connectivity index is 0.000000121. The molecule has 0 radical (unpaired) electrons. The minimum atomic E-state index is -1.08. The van der Waals surface area contributed by atoms with Crippen molar-refractivity contribution in [1.29, 1.82) is 5.26 Å². The van der Waals surface area contributed by atoms with Crippen LogP contribution in [0.1, 0.15) is 41.9 Å². The Kier molecular flexibility index (Phi) is 8.64. The Morgan fingerprint density at radius 3 is 0.672 bits per heavy atom. The van der Waals surface area contributed by atoms with Gasteiger partial charge in [-0.2, -0.15) is 5.26 Å². The third kappa shape index (κ3) is 5.84. The molecule has 6 aromatic heterocycles. The van der Waals surface area contributed by atoms with Crippen LogP contribution in [-0.2, 0) is 39.3 Å². The number of hydrogen-bond donors (Lipinski definition) is 0. The SMILES string of the molecule is CC#N.c1ccc2c(c1)nc1n2P2n3c(nc4ccccc43)CN(C1)Cc1nc3ccccc3n12.c1ccc2c(c1)nc1n2P2n3c(nc4ccccc43)CN(C1)Cc1nc3ccccc3n12. The molecule has 6 aromatic carbocycles. The highest BCUT2D eigenvalue weighted by Crippen LogP contribution is 2.54. The van der Waals surface area contributed by atoms with Crippen LogP contribution >= 0.6 is 16.7 Å². The molecule has 67 heavy (non-hydrogen) atoms. The molecule has 15 nitrogen and oxygen atoms in total. The third-order valence-corrected chi connectivity index (χ3v) is 17.7. The van der Waals surface area contributed by atoms with Crippen LogP contribution in [0.2, 0.25) is 0 Å². The van der Waals surface area contributed by atoms with Gasteiger partial charge in [-0.25, -0.2) is 29.9 Å². The largest absolute Gasteiger partial charge is 0.281 e. The number of aromatic nitrogens is 12. The minimum absolute atomic E-state index is 0.778. The topological polar surface area (TPSA) is 137 Å². The average molecular weight is 912 g/mol. The standard InChI is InChI=1S/2C24H18N7P.C2H3N/c2*1-4-10-19-16(7-1)25-22-13-28-14-23-26-17-8-2-5-11-20(17)30(23)32(29(19)22)31-21-12-6-3-9-18(21)27-24(31)15-28;1-2-3/h2*1-12H,13-15H2;1H3. The molecule has 0 fully saturated rings. The Morgan fingerprint density at radius 1 is 0.328 bits per heavy atom. The number of fused-ring (bicyclic) bond motifs is 6. The van der Waals surface area contributed by atoms with Gasteiger partial charge in [0, 0.05) is 6.92 Å². The van der Waals surface area contributed by atoms with E-state index in [0.717, 1.165) is 140 Å². The summed E-state index contributed by atoms with van der Waals surface area (Å²) in [5.74, 6) is 6.61. The van der Waals surface area contributed by atoms with Gasteiger partial charge in [0.2, 0.25) is 16.7 Å². The van der Waals surface area contributed by atoms with E-state index >= 15 is 0 Å². The van der Waals surface area contributed by atoms with Crippen molar-refractivity contribution in [3.63, 3.8) is 0 Å². The maximum atomic E-state index is 7.32. The first-order chi connectivity index (χ1) is 33.1. The van der Waals surface area contributed by atoms with Gasteiger partial charge >= 0.3 is 0 Å². The van der Waals surface area contributed by atoms with Gasteiger partial charge in [0.15, 0.2) is 0 Å². The molecule has 17 heteroatoms. The van der Waals surface area contributed by atoms with Crippen molar-refractivity contribution in [1.82, 2.24) is 65.7 Å². The van der Waals surface area contributed by atoms with Crippen molar-refractivity contribution in [3.8, 4) is 6.07 Å². The summed E-state index contributed by atoms with van der Waals surface area (Å²) in [7, 11) is -2.16. The van der Waals surface area contributed by atoms with Crippen molar-refractivity contribution in [3.05, 3.63) is 181 Å². The molecular formula is C50H39N15P2. The number of nitriles is 1.